The molecule has 0 N–H and O–H groups in total. The zero-order valence-corrected chi connectivity index (χ0v) is 15.0. The number of terminal acetylenes is 1. The van der Waals surface area contributed by atoms with Gasteiger partial charge < -0.3 is 19.8 Å². The molecule has 0 saturated heterocycles. The predicted octanol–water partition coefficient (Wildman–Crippen LogP) is 5.45. The van der Waals surface area contributed by atoms with Gasteiger partial charge in [-0.1, -0.05) is 66.6 Å². The number of nitrogens with zero attached hydrogens (tertiary/aromatic N) is 1. The summed E-state index contributed by atoms with van der Waals surface area (Å²) >= 11 is 1.69. The van der Waals surface area contributed by atoms with Gasteiger partial charge in [-0.15, -0.1) is 11.3 Å². The van der Waals surface area contributed by atoms with Gasteiger partial charge in [0.15, 0.2) is 0 Å². The Morgan fingerprint density at radius 2 is 1.61 bits per heavy atom. The van der Waals surface area contributed by atoms with E-state index in [0.29, 0.717) is 0 Å². The minimum Gasteiger partial charge on any atom is -0.697 e. The van der Waals surface area contributed by atoms with E-state index in [-0.39, 0.29) is 18.6 Å². The molecule has 3 rings (SSSR count). The maximum absolute atomic E-state index is 5.25. The second-order valence-electron chi connectivity index (χ2n) is 4.70. The first-order chi connectivity index (χ1) is 10.9. The molecule has 3 heteroatoms. The molecule has 3 aromatic rings. The molecule has 0 unspecified atom stereocenters. The fourth-order valence-corrected chi connectivity index (χ4v) is 3.00. The van der Waals surface area contributed by atoms with Crippen LogP contribution in [0.25, 0.3) is 21.8 Å². The Morgan fingerprint density at radius 3 is 2.22 bits per heavy atom. The minimum absolute atomic E-state index is 0. The van der Waals surface area contributed by atoms with Crippen molar-refractivity contribution < 1.29 is 18.6 Å². The number of rotatable bonds is 4. The van der Waals surface area contributed by atoms with Crippen molar-refractivity contribution in [3.8, 4) is 28.3 Å². The van der Waals surface area contributed by atoms with Gasteiger partial charge in [-0.25, -0.2) is 4.98 Å². The second kappa shape index (κ2) is 10.1. The van der Waals surface area contributed by atoms with Crippen LogP contribution in [-0.4, -0.2) is 4.98 Å². The number of aromatic nitrogens is 1. The summed E-state index contributed by atoms with van der Waals surface area (Å²) in [7, 11) is 0. The average Bonchev–Trinajstić information content (AvgIpc) is 3.09. The molecule has 1 radical (unpaired) electrons. The van der Waals surface area contributed by atoms with E-state index < -0.39 is 0 Å². The van der Waals surface area contributed by atoms with E-state index in [1.165, 1.54) is 16.7 Å². The van der Waals surface area contributed by atoms with Gasteiger partial charge in [-0.05, 0) is 0 Å². The van der Waals surface area contributed by atoms with Crippen LogP contribution in [0, 0.1) is 19.8 Å². The summed E-state index contributed by atoms with van der Waals surface area (Å²) in [6.07, 6.45) is 11.0. The molecule has 1 nitrogen and oxygen atoms in total. The van der Waals surface area contributed by atoms with E-state index in [0.717, 1.165) is 23.5 Å². The van der Waals surface area contributed by atoms with Crippen molar-refractivity contribution in [3.63, 3.8) is 0 Å². The molecular weight excluding hydrogens is 337 g/mol. The molecule has 0 amide bonds. The third-order valence-corrected chi connectivity index (χ3v) is 4.13. The molecule has 1 aromatic heterocycles. The van der Waals surface area contributed by atoms with Gasteiger partial charge >= 0.3 is 18.6 Å². The number of hydrogen-bond donors (Lipinski definition) is 0. The predicted molar refractivity (Wildman–Crippen MR) is 94.9 cm³/mol. The third kappa shape index (κ3) is 5.11. The molecule has 0 spiro atoms. The Kier molecular flexibility index (Phi) is 8.44. The average molecular weight is 354 g/mol. The fraction of sp³-hybridized carbons (Fsp3) is 0.100. The molecule has 0 fully saturated rings. The molecule has 0 bridgehead atoms. The number of hydrogen-bond acceptors (Lipinski definition) is 2. The molecule has 23 heavy (non-hydrogen) atoms. The van der Waals surface area contributed by atoms with Crippen LogP contribution in [0.3, 0.4) is 0 Å². The zero-order valence-electron chi connectivity index (χ0n) is 12.8. The maximum Gasteiger partial charge on any atom is 2.00 e. The summed E-state index contributed by atoms with van der Waals surface area (Å²) in [6.45, 7) is 3.89. The first-order valence-corrected chi connectivity index (χ1v) is 7.93. The van der Waals surface area contributed by atoms with Crippen molar-refractivity contribution in [3.05, 3.63) is 78.9 Å². The van der Waals surface area contributed by atoms with Crippen molar-refractivity contribution in [1.29, 1.82) is 0 Å². The number of thiazole rings is 1. The molecule has 2 aromatic carbocycles. The summed E-state index contributed by atoms with van der Waals surface area (Å²) in [5.41, 5.74) is 4.74. The summed E-state index contributed by atoms with van der Waals surface area (Å²) in [5, 5.41) is 3.20. The maximum atomic E-state index is 5.25. The Morgan fingerprint density at radius 1 is 0.957 bits per heavy atom. The monoisotopic (exact) mass is 354 g/mol. The quantitative estimate of drug-likeness (QED) is 0.449. The van der Waals surface area contributed by atoms with E-state index in [9.17, 15) is 0 Å². The van der Waals surface area contributed by atoms with E-state index in [2.05, 4.69) is 55.1 Å². The normalized spacial score (nSPS) is 9.35. The molecule has 0 atom stereocenters. The standard InChI is InChI=1S/C18H16NS.C2H.V/c1-2-6-14-9-11-15(12-10-14)17-13-20-18(19-17)16-7-4-3-5-8-16;1-2;/h3-5,7-13H,1-2,6H2;1H;/q2*-1;+2. The van der Waals surface area contributed by atoms with Crippen LogP contribution in [-0.2, 0) is 25.0 Å². The van der Waals surface area contributed by atoms with Gasteiger partial charge in [0.2, 0.25) is 0 Å². The van der Waals surface area contributed by atoms with E-state index in [1.807, 2.05) is 18.2 Å². The SMILES string of the molecule is [C-]#C.[CH2-]CCc1ccc(-c2csc(-c3ccccc3)n2)cc1.[V+2]. The van der Waals surface area contributed by atoms with Crippen LogP contribution < -0.4 is 0 Å². The second-order valence-corrected chi connectivity index (χ2v) is 5.56. The Balaban J connectivity index is 0.000000849. The van der Waals surface area contributed by atoms with Crippen LogP contribution in [0.5, 0.6) is 0 Å². The van der Waals surface area contributed by atoms with E-state index in [4.69, 9.17) is 11.4 Å². The molecule has 0 saturated carbocycles. The Labute approximate surface area is 154 Å². The summed E-state index contributed by atoms with van der Waals surface area (Å²) in [4.78, 5) is 4.73. The van der Waals surface area contributed by atoms with Crippen LogP contribution >= 0.6 is 11.3 Å². The van der Waals surface area contributed by atoms with Crippen LogP contribution in [0.4, 0.5) is 0 Å². The van der Waals surface area contributed by atoms with Gasteiger partial charge in [-0.3, -0.25) is 0 Å². The van der Waals surface area contributed by atoms with Gasteiger partial charge in [0.05, 0.1) is 5.69 Å². The van der Waals surface area contributed by atoms with Crippen LogP contribution in [0.15, 0.2) is 60.0 Å². The summed E-state index contributed by atoms with van der Waals surface area (Å²) in [5.74, 6) is 0. The van der Waals surface area contributed by atoms with Crippen molar-refractivity contribution in [2.75, 3.05) is 0 Å². The molecule has 1 heterocycles. The first-order valence-electron chi connectivity index (χ1n) is 7.05. The van der Waals surface area contributed by atoms with Gasteiger partial charge in [0.1, 0.15) is 5.01 Å². The van der Waals surface area contributed by atoms with Gasteiger partial charge in [0.25, 0.3) is 0 Å². The summed E-state index contributed by atoms with van der Waals surface area (Å²) < 4.78 is 0. The van der Waals surface area contributed by atoms with E-state index >= 15 is 0 Å². The third-order valence-electron chi connectivity index (χ3n) is 3.24. The molecular formula is C20H17NSV. The van der Waals surface area contributed by atoms with Crippen molar-refractivity contribution in [1.82, 2.24) is 4.98 Å². The first kappa shape index (κ1) is 19.3. The van der Waals surface area contributed by atoms with Crippen LogP contribution in [0.1, 0.15) is 12.0 Å². The number of aryl methyl sites for hydroxylation is 1. The summed E-state index contributed by atoms with van der Waals surface area (Å²) in [6, 6.07) is 18.9. The van der Waals surface area contributed by atoms with Crippen LogP contribution in [0.2, 0.25) is 0 Å². The van der Waals surface area contributed by atoms with E-state index in [1.54, 1.807) is 11.3 Å². The van der Waals surface area contributed by atoms with Crippen molar-refractivity contribution >= 4 is 11.3 Å². The van der Waals surface area contributed by atoms with Gasteiger partial charge in [0, 0.05) is 16.5 Å². The zero-order chi connectivity index (χ0) is 15.8. The largest absolute Gasteiger partial charge is 2.00 e. The molecule has 113 valence electrons. The molecule has 0 aliphatic rings. The molecule has 0 aliphatic carbocycles. The Bertz CT molecular complexity index is 714. The number of benzene rings is 2. The fourth-order valence-electron chi connectivity index (χ4n) is 2.17. The minimum atomic E-state index is 0. The van der Waals surface area contributed by atoms with Gasteiger partial charge in [-0.2, -0.15) is 6.42 Å². The topological polar surface area (TPSA) is 12.9 Å². The molecule has 0 aliphatic heterocycles. The Hall–Kier alpha value is -1.79. The van der Waals surface area contributed by atoms with Crippen molar-refractivity contribution in [2.24, 2.45) is 0 Å². The van der Waals surface area contributed by atoms with Crippen molar-refractivity contribution in [2.45, 2.75) is 12.8 Å². The smallest absolute Gasteiger partial charge is 0.697 e.